The third-order valence-corrected chi connectivity index (χ3v) is 2.56. The van der Waals surface area contributed by atoms with Crippen molar-refractivity contribution < 1.29 is 23.5 Å². The van der Waals surface area contributed by atoms with Crippen LogP contribution in [-0.4, -0.2) is 24.1 Å². The van der Waals surface area contributed by atoms with E-state index in [1.165, 1.54) is 6.07 Å². The molecule has 0 unspecified atom stereocenters. The Labute approximate surface area is 116 Å². The lowest BCUT2D eigenvalue weighted by atomic mass is 10.3. The molecule has 20 heavy (non-hydrogen) atoms. The van der Waals surface area contributed by atoms with Gasteiger partial charge in [-0.3, -0.25) is 10.1 Å². The van der Waals surface area contributed by atoms with Gasteiger partial charge in [-0.15, -0.1) is 0 Å². The van der Waals surface area contributed by atoms with Gasteiger partial charge in [0.1, 0.15) is 0 Å². The Kier molecular flexibility index (Phi) is 5.84. The Morgan fingerprint density at radius 2 is 1.85 bits per heavy atom. The van der Waals surface area contributed by atoms with E-state index in [4.69, 9.17) is 14.2 Å². The molecule has 0 amide bonds. The number of halogens is 1. The highest BCUT2D eigenvalue weighted by Gasteiger charge is 2.36. The highest BCUT2D eigenvalue weighted by molar-refractivity contribution is 5.47. The number of hydrogen-bond acceptors (Lipinski definition) is 5. The van der Waals surface area contributed by atoms with Crippen LogP contribution in [0.1, 0.15) is 27.2 Å². The number of ether oxygens (including phenoxy) is 3. The Balaban J connectivity index is 3.19. The fourth-order valence-electron chi connectivity index (χ4n) is 1.71. The molecule has 6 nitrogen and oxygen atoms in total. The minimum absolute atomic E-state index is 0.250. The summed E-state index contributed by atoms with van der Waals surface area (Å²) >= 11 is 0. The minimum Gasteiger partial charge on any atom is -0.428 e. The molecule has 0 atom stereocenters. The maximum Gasteiger partial charge on any atom is 0.326 e. The molecule has 0 aromatic heterocycles. The van der Waals surface area contributed by atoms with E-state index in [0.717, 1.165) is 12.1 Å². The highest BCUT2D eigenvalue weighted by atomic mass is 19.1. The fourth-order valence-corrected chi connectivity index (χ4v) is 1.71. The van der Waals surface area contributed by atoms with Gasteiger partial charge in [-0.25, -0.2) is 4.39 Å². The summed E-state index contributed by atoms with van der Waals surface area (Å²) in [7, 11) is 0. The molecular weight excluding hydrogens is 269 g/mol. The van der Waals surface area contributed by atoms with Crippen LogP contribution in [0.5, 0.6) is 5.75 Å². The molecule has 0 aliphatic carbocycles. The summed E-state index contributed by atoms with van der Waals surface area (Å²) in [6, 6.07) is 3.49. The first-order chi connectivity index (χ1) is 9.49. The molecule has 0 spiro atoms. The molecule has 0 aliphatic heterocycles. The fraction of sp³-hybridized carbons (Fsp3) is 0.538. The van der Waals surface area contributed by atoms with Crippen molar-refractivity contribution in [3.05, 3.63) is 34.1 Å². The van der Waals surface area contributed by atoms with Crippen LogP contribution < -0.4 is 4.74 Å². The van der Waals surface area contributed by atoms with Crippen molar-refractivity contribution in [3.63, 3.8) is 0 Å². The highest BCUT2D eigenvalue weighted by Crippen LogP contribution is 2.34. The Morgan fingerprint density at radius 1 is 1.25 bits per heavy atom. The zero-order valence-corrected chi connectivity index (χ0v) is 11.7. The van der Waals surface area contributed by atoms with Crippen molar-refractivity contribution in [1.82, 2.24) is 0 Å². The molecule has 112 valence electrons. The largest absolute Gasteiger partial charge is 0.428 e. The van der Waals surface area contributed by atoms with E-state index in [1.54, 1.807) is 20.8 Å². The molecule has 0 saturated heterocycles. The Morgan fingerprint density at radius 3 is 2.30 bits per heavy atom. The maximum atomic E-state index is 13.8. The van der Waals surface area contributed by atoms with Crippen LogP contribution in [0.2, 0.25) is 0 Å². The Hall–Kier alpha value is -1.73. The molecule has 0 fully saturated rings. The van der Waals surface area contributed by atoms with Crippen molar-refractivity contribution in [3.8, 4) is 5.75 Å². The van der Waals surface area contributed by atoms with Gasteiger partial charge in [-0.05, 0) is 19.9 Å². The van der Waals surface area contributed by atoms with Crippen LogP contribution >= 0.6 is 0 Å². The average molecular weight is 287 g/mol. The summed E-state index contributed by atoms with van der Waals surface area (Å²) in [5.41, 5.74) is -0.470. The molecule has 0 aliphatic rings. The van der Waals surface area contributed by atoms with Gasteiger partial charge >= 0.3 is 11.7 Å². The number of nitrogens with zero attached hydrogens (tertiary/aromatic N) is 1. The minimum atomic E-state index is -1.53. The van der Waals surface area contributed by atoms with Gasteiger partial charge in [0.15, 0.2) is 5.82 Å². The molecule has 1 aromatic rings. The zero-order chi connectivity index (χ0) is 15.2. The first kappa shape index (κ1) is 16.3. The zero-order valence-electron chi connectivity index (χ0n) is 11.7. The maximum absolute atomic E-state index is 13.8. The third-order valence-electron chi connectivity index (χ3n) is 2.56. The van der Waals surface area contributed by atoms with Crippen molar-refractivity contribution in [1.29, 1.82) is 0 Å². The van der Waals surface area contributed by atoms with Gasteiger partial charge in [0.25, 0.3) is 0 Å². The summed E-state index contributed by atoms with van der Waals surface area (Å²) in [5, 5.41) is 10.9. The number of hydrogen-bond donors (Lipinski definition) is 0. The molecule has 1 rings (SSSR count). The normalized spacial score (nSPS) is 11.4. The summed E-state index contributed by atoms with van der Waals surface area (Å²) in [6.45, 7) is 5.69. The number of nitro groups is 1. The predicted octanol–water partition coefficient (Wildman–Crippen LogP) is 3.25. The Bertz CT molecular complexity index is 460. The smallest absolute Gasteiger partial charge is 0.326 e. The van der Waals surface area contributed by atoms with E-state index in [2.05, 4.69) is 0 Å². The monoisotopic (exact) mass is 287 g/mol. The van der Waals surface area contributed by atoms with E-state index in [1.807, 2.05) is 0 Å². The number of benzene rings is 1. The van der Waals surface area contributed by atoms with Crippen LogP contribution in [-0.2, 0) is 9.47 Å². The van der Waals surface area contributed by atoms with Crippen LogP contribution in [0.25, 0.3) is 0 Å². The van der Waals surface area contributed by atoms with Gasteiger partial charge in [-0.2, -0.15) is 0 Å². The summed E-state index contributed by atoms with van der Waals surface area (Å²) in [5.74, 6) is -2.85. The molecule has 7 heteroatoms. The van der Waals surface area contributed by atoms with Gasteiger partial charge < -0.3 is 14.2 Å². The van der Waals surface area contributed by atoms with Crippen LogP contribution in [0, 0.1) is 15.9 Å². The summed E-state index contributed by atoms with van der Waals surface area (Å²) in [4.78, 5) is 10.2. The van der Waals surface area contributed by atoms with E-state index >= 15 is 0 Å². The van der Waals surface area contributed by atoms with E-state index < -0.39 is 28.2 Å². The average Bonchev–Trinajstić information content (AvgIpc) is 2.41. The quantitative estimate of drug-likeness (QED) is 0.417. The molecule has 1 aromatic carbocycles. The lowest BCUT2D eigenvalue weighted by molar-refractivity contribution is -0.392. The van der Waals surface area contributed by atoms with Crippen molar-refractivity contribution in [2.45, 2.75) is 33.2 Å². The predicted molar refractivity (Wildman–Crippen MR) is 70.0 cm³/mol. The first-order valence-electron chi connectivity index (χ1n) is 6.39. The van der Waals surface area contributed by atoms with Crippen molar-refractivity contribution in [2.75, 3.05) is 13.2 Å². The lowest BCUT2D eigenvalue weighted by Gasteiger charge is -2.31. The molecule has 0 heterocycles. The second-order valence-electron chi connectivity index (χ2n) is 3.85. The SMILES string of the molecule is CCOC(CC)(OCC)Oc1c(F)cccc1[N+](=O)[O-]. The van der Waals surface area contributed by atoms with Crippen molar-refractivity contribution >= 4 is 5.69 Å². The first-order valence-corrected chi connectivity index (χ1v) is 6.39. The number of nitro benzene ring substituents is 1. The van der Waals surface area contributed by atoms with E-state index in [9.17, 15) is 14.5 Å². The van der Waals surface area contributed by atoms with Gasteiger partial charge in [0.05, 0.1) is 18.1 Å². The molecular formula is C13H18FNO5. The van der Waals surface area contributed by atoms with Crippen LogP contribution in [0.4, 0.5) is 10.1 Å². The van der Waals surface area contributed by atoms with Crippen LogP contribution in [0.3, 0.4) is 0 Å². The lowest BCUT2D eigenvalue weighted by Crippen LogP contribution is -2.42. The van der Waals surface area contributed by atoms with Gasteiger partial charge in [-0.1, -0.05) is 13.0 Å². The molecule has 0 N–H and O–H groups in total. The number of rotatable bonds is 8. The second kappa shape index (κ2) is 7.16. The van der Waals surface area contributed by atoms with Gasteiger partial charge in [0.2, 0.25) is 5.75 Å². The second-order valence-corrected chi connectivity index (χ2v) is 3.85. The number of para-hydroxylation sites is 1. The molecule has 0 bridgehead atoms. The topological polar surface area (TPSA) is 70.8 Å². The standard InChI is InChI=1S/C13H18FNO5/c1-4-13(18-5-2,19-6-3)20-12-10(14)8-7-9-11(12)15(16)17/h7-9H,4-6H2,1-3H3. The summed E-state index contributed by atoms with van der Waals surface area (Å²) in [6.07, 6.45) is 0.250. The molecule has 0 radical (unpaired) electrons. The molecule has 0 saturated carbocycles. The van der Waals surface area contributed by atoms with E-state index in [-0.39, 0.29) is 19.6 Å². The summed E-state index contributed by atoms with van der Waals surface area (Å²) < 4.78 is 30.0. The van der Waals surface area contributed by atoms with Crippen molar-refractivity contribution in [2.24, 2.45) is 0 Å². The third kappa shape index (κ3) is 3.64. The van der Waals surface area contributed by atoms with E-state index in [0.29, 0.717) is 0 Å². The van der Waals surface area contributed by atoms with Gasteiger partial charge in [0, 0.05) is 12.5 Å². The van der Waals surface area contributed by atoms with Crippen LogP contribution in [0.15, 0.2) is 18.2 Å².